The Kier molecular flexibility index (Phi) is 5.99. The molecule has 0 aromatic heterocycles. The van der Waals surface area contributed by atoms with Crippen molar-refractivity contribution in [1.29, 1.82) is 0 Å². The van der Waals surface area contributed by atoms with E-state index in [1.165, 1.54) is 6.07 Å². The SMILES string of the molecule is Cc1ccc(S(=O)(=O)NCC(=O)NCc2ccc(Cl)cc2)cc1C. The second kappa shape index (κ2) is 7.79. The lowest BCUT2D eigenvalue weighted by Gasteiger charge is -2.09. The van der Waals surface area contributed by atoms with Crippen LogP contribution in [0.15, 0.2) is 47.4 Å². The van der Waals surface area contributed by atoms with Crippen LogP contribution in [0, 0.1) is 13.8 Å². The summed E-state index contributed by atoms with van der Waals surface area (Å²) >= 11 is 5.79. The topological polar surface area (TPSA) is 75.3 Å². The zero-order valence-corrected chi connectivity index (χ0v) is 15.0. The van der Waals surface area contributed by atoms with E-state index in [-0.39, 0.29) is 11.4 Å². The highest BCUT2D eigenvalue weighted by molar-refractivity contribution is 7.89. The van der Waals surface area contributed by atoms with Crippen molar-refractivity contribution in [3.8, 4) is 0 Å². The van der Waals surface area contributed by atoms with E-state index in [0.717, 1.165) is 16.7 Å². The summed E-state index contributed by atoms with van der Waals surface area (Å²) in [7, 11) is -3.71. The van der Waals surface area contributed by atoms with Gasteiger partial charge < -0.3 is 5.32 Å². The Bertz CT molecular complexity index is 833. The first kappa shape index (κ1) is 18.4. The fourth-order valence-electron chi connectivity index (χ4n) is 1.99. The van der Waals surface area contributed by atoms with Crippen LogP contribution in [0.5, 0.6) is 0 Å². The summed E-state index contributed by atoms with van der Waals surface area (Å²) in [5.41, 5.74) is 2.77. The maximum absolute atomic E-state index is 12.2. The summed E-state index contributed by atoms with van der Waals surface area (Å²) in [6.45, 7) is 3.74. The first-order chi connectivity index (χ1) is 11.3. The Balaban J connectivity index is 1.90. The fourth-order valence-corrected chi connectivity index (χ4v) is 3.18. The molecule has 0 radical (unpaired) electrons. The molecule has 0 saturated carbocycles. The summed E-state index contributed by atoms with van der Waals surface area (Å²) in [6.07, 6.45) is 0. The standard InChI is InChI=1S/C17H19ClN2O3S/c1-12-3-8-16(9-13(12)2)24(22,23)20-11-17(21)19-10-14-4-6-15(18)7-5-14/h3-9,20H,10-11H2,1-2H3,(H,19,21). The minimum Gasteiger partial charge on any atom is -0.351 e. The van der Waals surface area contributed by atoms with Gasteiger partial charge in [-0.15, -0.1) is 0 Å². The fraction of sp³-hybridized carbons (Fsp3) is 0.235. The van der Waals surface area contributed by atoms with Gasteiger partial charge in [0.25, 0.3) is 0 Å². The van der Waals surface area contributed by atoms with Gasteiger partial charge >= 0.3 is 0 Å². The van der Waals surface area contributed by atoms with Gasteiger partial charge in [0.15, 0.2) is 0 Å². The monoisotopic (exact) mass is 366 g/mol. The first-order valence-electron chi connectivity index (χ1n) is 7.36. The van der Waals surface area contributed by atoms with Crippen molar-refractivity contribution in [2.45, 2.75) is 25.3 Å². The molecule has 0 spiro atoms. The second-order valence-corrected chi connectivity index (χ2v) is 7.68. The number of rotatable bonds is 6. The van der Waals surface area contributed by atoms with Crippen LogP contribution in [0.1, 0.15) is 16.7 Å². The van der Waals surface area contributed by atoms with Gasteiger partial charge in [0.2, 0.25) is 15.9 Å². The highest BCUT2D eigenvalue weighted by Gasteiger charge is 2.16. The summed E-state index contributed by atoms with van der Waals surface area (Å²) in [5, 5.41) is 3.27. The molecule has 7 heteroatoms. The summed E-state index contributed by atoms with van der Waals surface area (Å²) in [4.78, 5) is 12.0. The molecule has 0 fully saturated rings. The number of carbonyl (C=O) groups is 1. The molecule has 0 bridgehead atoms. The molecule has 0 unspecified atom stereocenters. The van der Waals surface area contributed by atoms with Crippen LogP contribution in [-0.2, 0) is 21.4 Å². The van der Waals surface area contributed by atoms with E-state index in [1.807, 2.05) is 13.8 Å². The van der Waals surface area contributed by atoms with Gasteiger partial charge in [0.05, 0.1) is 11.4 Å². The third-order valence-electron chi connectivity index (χ3n) is 3.61. The van der Waals surface area contributed by atoms with Crippen LogP contribution in [0.2, 0.25) is 5.02 Å². The molecule has 2 aromatic carbocycles. The molecule has 0 saturated heterocycles. The molecule has 24 heavy (non-hydrogen) atoms. The predicted molar refractivity (Wildman–Crippen MR) is 94.4 cm³/mol. The molecule has 0 heterocycles. The van der Waals surface area contributed by atoms with Gasteiger partial charge in [-0.2, -0.15) is 0 Å². The molecular formula is C17H19ClN2O3S. The third kappa shape index (κ3) is 5.06. The molecule has 2 aromatic rings. The number of halogens is 1. The van der Waals surface area contributed by atoms with Crippen molar-refractivity contribution < 1.29 is 13.2 Å². The van der Waals surface area contributed by atoms with E-state index < -0.39 is 15.9 Å². The number of hydrogen-bond acceptors (Lipinski definition) is 3. The highest BCUT2D eigenvalue weighted by atomic mass is 35.5. The summed E-state index contributed by atoms with van der Waals surface area (Å²) < 4.78 is 26.7. The average molecular weight is 367 g/mol. The normalized spacial score (nSPS) is 11.3. The number of nitrogens with one attached hydrogen (secondary N) is 2. The smallest absolute Gasteiger partial charge is 0.241 e. The lowest BCUT2D eigenvalue weighted by molar-refractivity contribution is -0.120. The van der Waals surface area contributed by atoms with Crippen molar-refractivity contribution in [3.05, 3.63) is 64.2 Å². The van der Waals surface area contributed by atoms with Crippen LogP contribution in [0.4, 0.5) is 0 Å². The highest BCUT2D eigenvalue weighted by Crippen LogP contribution is 2.14. The molecule has 0 aliphatic carbocycles. The molecule has 2 N–H and O–H groups in total. The minimum atomic E-state index is -3.71. The molecule has 0 aliphatic heterocycles. The molecule has 2 rings (SSSR count). The number of sulfonamides is 1. The summed E-state index contributed by atoms with van der Waals surface area (Å²) in [5.74, 6) is -0.405. The average Bonchev–Trinajstić information content (AvgIpc) is 2.55. The number of aryl methyl sites for hydroxylation is 2. The maximum Gasteiger partial charge on any atom is 0.241 e. The Hall–Kier alpha value is -1.89. The minimum absolute atomic E-state index is 0.149. The number of amides is 1. The van der Waals surface area contributed by atoms with Crippen molar-refractivity contribution in [2.75, 3.05) is 6.54 Å². The van der Waals surface area contributed by atoms with Gasteiger partial charge in [-0.25, -0.2) is 13.1 Å². The van der Waals surface area contributed by atoms with Gasteiger partial charge in [-0.3, -0.25) is 4.79 Å². The van der Waals surface area contributed by atoms with Gasteiger partial charge in [0, 0.05) is 11.6 Å². The van der Waals surface area contributed by atoms with Gasteiger partial charge in [0.1, 0.15) is 0 Å². The van der Waals surface area contributed by atoms with Crippen LogP contribution in [-0.4, -0.2) is 20.9 Å². The zero-order chi connectivity index (χ0) is 17.7. The van der Waals surface area contributed by atoms with E-state index in [2.05, 4.69) is 10.0 Å². The van der Waals surface area contributed by atoms with Crippen LogP contribution >= 0.6 is 11.6 Å². The molecule has 128 valence electrons. The van der Waals surface area contributed by atoms with E-state index >= 15 is 0 Å². The Labute approximate surface area is 147 Å². The number of hydrogen-bond donors (Lipinski definition) is 2. The quantitative estimate of drug-likeness (QED) is 0.825. The lowest BCUT2D eigenvalue weighted by Crippen LogP contribution is -2.36. The second-order valence-electron chi connectivity index (χ2n) is 5.47. The zero-order valence-electron chi connectivity index (χ0n) is 13.5. The van der Waals surface area contributed by atoms with E-state index in [0.29, 0.717) is 11.6 Å². The lowest BCUT2D eigenvalue weighted by atomic mass is 10.1. The largest absolute Gasteiger partial charge is 0.351 e. The Morgan fingerprint density at radius 2 is 1.71 bits per heavy atom. The Morgan fingerprint density at radius 1 is 1.04 bits per heavy atom. The van der Waals surface area contributed by atoms with E-state index in [1.54, 1.807) is 36.4 Å². The van der Waals surface area contributed by atoms with E-state index in [4.69, 9.17) is 11.6 Å². The molecular weight excluding hydrogens is 348 g/mol. The van der Waals surface area contributed by atoms with Gasteiger partial charge in [-0.05, 0) is 54.8 Å². The van der Waals surface area contributed by atoms with Crippen LogP contribution < -0.4 is 10.0 Å². The van der Waals surface area contributed by atoms with Crippen molar-refractivity contribution in [1.82, 2.24) is 10.0 Å². The van der Waals surface area contributed by atoms with Crippen LogP contribution in [0.25, 0.3) is 0 Å². The van der Waals surface area contributed by atoms with E-state index in [9.17, 15) is 13.2 Å². The number of carbonyl (C=O) groups excluding carboxylic acids is 1. The Morgan fingerprint density at radius 3 is 2.33 bits per heavy atom. The van der Waals surface area contributed by atoms with Crippen molar-refractivity contribution in [2.24, 2.45) is 0 Å². The third-order valence-corrected chi connectivity index (χ3v) is 5.27. The van der Waals surface area contributed by atoms with Gasteiger partial charge in [-0.1, -0.05) is 29.8 Å². The van der Waals surface area contributed by atoms with Crippen LogP contribution in [0.3, 0.4) is 0 Å². The molecule has 0 aliphatic rings. The maximum atomic E-state index is 12.2. The molecule has 1 amide bonds. The van der Waals surface area contributed by atoms with Crippen molar-refractivity contribution in [3.63, 3.8) is 0 Å². The van der Waals surface area contributed by atoms with Crippen molar-refractivity contribution >= 4 is 27.5 Å². The summed E-state index contributed by atoms with van der Waals surface area (Å²) in [6, 6.07) is 11.9. The number of benzene rings is 2. The predicted octanol–water partition coefficient (Wildman–Crippen LogP) is 2.55. The molecule has 0 atom stereocenters. The molecule has 5 nitrogen and oxygen atoms in total. The first-order valence-corrected chi connectivity index (χ1v) is 9.22.